The Hall–Kier alpha value is -3.40. The topological polar surface area (TPSA) is 56.5 Å². The molecule has 0 spiro atoms. The molecule has 0 fully saturated rings. The van der Waals surface area contributed by atoms with Crippen LogP contribution in [0.3, 0.4) is 0 Å². The van der Waals surface area contributed by atoms with Crippen molar-refractivity contribution in [2.24, 2.45) is 0 Å². The molecule has 25 heavy (non-hydrogen) atoms. The summed E-state index contributed by atoms with van der Waals surface area (Å²) in [5, 5.41) is 2.41. The number of rotatable bonds is 2. The Kier molecular flexibility index (Phi) is 3.58. The number of ether oxygens (including phenoxy) is 1. The highest BCUT2D eigenvalue weighted by Gasteiger charge is 2.22. The van der Waals surface area contributed by atoms with Crippen molar-refractivity contribution in [1.29, 1.82) is 0 Å². The maximum absolute atomic E-state index is 12.8. The lowest BCUT2D eigenvalue weighted by molar-refractivity contribution is 0.0598. The number of carbonyl (C=O) groups excluding carboxylic acids is 1. The summed E-state index contributed by atoms with van der Waals surface area (Å²) < 4.78 is 10.7. The lowest BCUT2D eigenvalue weighted by Gasteiger charge is -2.09. The molecule has 4 aromatic rings. The van der Waals surface area contributed by atoms with Crippen molar-refractivity contribution in [3.63, 3.8) is 0 Å². The molecule has 0 N–H and O–H groups in total. The molecule has 3 aromatic carbocycles. The van der Waals surface area contributed by atoms with E-state index >= 15 is 0 Å². The quantitative estimate of drug-likeness (QED) is 0.511. The highest BCUT2D eigenvalue weighted by molar-refractivity contribution is 6.00. The first-order valence-corrected chi connectivity index (χ1v) is 7.82. The number of hydrogen-bond acceptors (Lipinski definition) is 4. The third-order valence-electron chi connectivity index (χ3n) is 4.20. The van der Waals surface area contributed by atoms with Gasteiger partial charge in [-0.15, -0.1) is 0 Å². The van der Waals surface area contributed by atoms with E-state index in [0.717, 1.165) is 10.8 Å². The van der Waals surface area contributed by atoms with Gasteiger partial charge in [-0.25, -0.2) is 4.79 Å². The van der Waals surface area contributed by atoms with Gasteiger partial charge in [-0.1, -0.05) is 48.5 Å². The predicted octanol–water partition coefficient (Wildman–Crippen LogP) is 4.40. The lowest BCUT2D eigenvalue weighted by Crippen LogP contribution is -2.18. The molecule has 4 heteroatoms. The number of para-hydroxylation sites is 1. The summed E-state index contributed by atoms with van der Waals surface area (Å²) in [5.74, 6) is -0.482. The van der Waals surface area contributed by atoms with Gasteiger partial charge in [-0.3, -0.25) is 4.79 Å². The molecule has 0 aliphatic heterocycles. The maximum atomic E-state index is 12.8. The second kappa shape index (κ2) is 5.91. The van der Waals surface area contributed by atoms with Gasteiger partial charge in [0.15, 0.2) is 11.3 Å². The van der Waals surface area contributed by atoms with Crippen LogP contribution >= 0.6 is 0 Å². The Morgan fingerprint density at radius 1 is 0.920 bits per heavy atom. The Bertz CT molecular complexity index is 1170. The van der Waals surface area contributed by atoms with Crippen LogP contribution in [0, 0.1) is 0 Å². The fourth-order valence-electron chi connectivity index (χ4n) is 2.96. The van der Waals surface area contributed by atoms with Crippen LogP contribution in [-0.4, -0.2) is 13.1 Å². The van der Waals surface area contributed by atoms with Crippen molar-refractivity contribution in [3.05, 3.63) is 82.5 Å². The smallest absolute Gasteiger partial charge is 0.345 e. The molecule has 122 valence electrons. The molecule has 1 heterocycles. The van der Waals surface area contributed by atoms with Crippen LogP contribution in [0.4, 0.5) is 0 Å². The molecule has 0 aliphatic carbocycles. The van der Waals surface area contributed by atoms with E-state index < -0.39 is 11.4 Å². The monoisotopic (exact) mass is 330 g/mol. The molecule has 0 saturated heterocycles. The Morgan fingerprint density at radius 3 is 2.44 bits per heavy atom. The molecule has 0 unspecified atom stereocenters. The van der Waals surface area contributed by atoms with Crippen molar-refractivity contribution in [2.45, 2.75) is 0 Å². The Balaban J connectivity index is 2.07. The molecule has 0 saturated carbocycles. The number of hydrogen-bond donors (Lipinski definition) is 0. The van der Waals surface area contributed by atoms with Gasteiger partial charge >= 0.3 is 5.97 Å². The van der Waals surface area contributed by atoms with E-state index in [1.165, 1.54) is 7.11 Å². The van der Waals surface area contributed by atoms with E-state index in [4.69, 9.17) is 9.15 Å². The van der Waals surface area contributed by atoms with Gasteiger partial charge in [0.1, 0.15) is 5.58 Å². The summed E-state index contributed by atoms with van der Waals surface area (Å²) in [6, 6.07) is 20.4. The highest BCUT2D eigenvalue weighted by Crippen LogP contribution is 2.29. The largest absolute Gasteiger partial charge is 0.465 e. The summed E-state index contributed by atoms with van der Waals surface area (Å²) in [4.78, 5) is 25.1. The fourth-order valence-corrected chi connectivity index (χ4v) is 2.96. The minimum Gasteiger partial charge on any atom is -0.465 e. The summed E-state index contributed by atoms with van der Waals surface area (Å²) in [6.45, 7) is 0. The SMILES string of the molecule is COC(=O)c1c(-c2ccc3ccccc3c2)oc2ccccc2c1=O. The van der Waals surface area contributed by atoms with Crippen molar-refractivity contribution in [3.8, 4) is 11.3 Å². The summed E-state index contributed by atoms with van der Waals surface area (Å²) in [5.41, 5.74) is 0.610. The molecule has 0 atom stereocenters. The number of esters is 1. The van der Waals surface area contributed by atoms with Crippen molar-refractivity contribution in [2.75, 3.05) is 7.11 Å². The van der Waals surface area contributed by atoms with Gasteiger partial charge in [0.05, 0.1) is 12.5 Å². The van der Waals surface area contributed by atoms with Crippen LogP contribution in [0.25, 0.3) is 33.1 Å². The lowest BCUT2D eigenvalue weighted by atomic mass is 10.0. The van der Waals surface area contributed by atoms with Gasteiger partial charge in [-0.2, -0.15) is 0 Å². The van der Waals surface area contributed by atoms with Crippen molar-refractivity contribution < 1.29 is 13.9 Å². The number of benzene rings is 3. The molecule has 0 amide bonds. The maximum Gasteiger partial charge on any atom is 0.345 e. The average Bonchev–Trinajstić information content (AvgIpc) is 2.67. The van der Waals surface area contributed by atoms with Crippen molar-refractivity contribution >= 4 is 27.7 Å². The van der Waals surface area contributed by atoms with E-state index in [1.807, 2.05) is 42.5 Å². The van der Waals surface area contributed by atoms with Crippen LogP contribution in [0.15, 0.2) is 75.9 Å². The molecule has 0 aliphatic rings. The third kappa shape index (κ3) is 2.48. The van der Waals surface area contributed by atoms with Crippen LogP contribution in [-0.2, 0) is 4.74 Å². The highest BCUT2D eigenvalue weighted by atomic mass is 16.5. The van der Waals surface area contributed by atoms with E-state index in [-0.39, 0.29) is 11.3 Å². The molecular formula is C21H14O4. The van der Waals surface area contributed by atoms with E-state index in [0.29, 0.717) is 16.5 Å². The number of methoxy groups -OCH3 is 1. The summed E-state index contributed by atoms with van der Waals surface area (Å²) >= 11 is 0. The first kappa shape index (κ1) is 15.1. The standard InChI is InChI=1S/C21H14O4/c1-24-21(23)18-19(22)16-8-4-5-9-17(16)25-20(18)15-11-10-13-6-2-3-7-14(13)12-15/h2-12H,1H3. The summed E-state index contributed by atoms with van der Waals surface area (Å²) in [6.07, 6.45) is 0. The molecule has 1 aromatic heterocycles. The zero-order valence-electron chi connectivity index (χ0n) is 13.5. The van der Waals surface area contributed by atoms with Crippen LogP contribution < -0.4 is 5.43 Å². The van der Waals surface area contributed by atoms with Gasteiger partial charge in [0, 0.05) is 5.56 Å². The molecule has 0 bridgehead atoms. The second-order valence-corrected chi connectivity index (χ2v) is 5.68. The zero-order valence-corrected chi connectivity index (χ0v) is 13.5. The van der Waals surface area contributed by atoms with E-state index in [9.17, 15) is 9.59 Å². The van der Waals surface area contributed by atoms with Crippen molar-refractivity contribution in [1.82, 2.24) is 0 Å². The molecular weight excluding hydrogens is 316 g/mol. The zero-order chi connectivity index (χ0) is 17.4. The van der Waals surface area contributed by atoms with E-state index in [1.54, 1.807) is 24.3 Å². The molecule has 4 rings (SSSR count). The number of fused-ring (bicyclic) bond motifs is 2. The molecule has 4 nitrogen and oxygen atoms in total. The molecule has 0 radical (unpaired) electrons. The normalized spacial score (nSPS) is 10.9. The van der Waals surface area contributed by atoms with E-state index in [2.05, 4.69) is 0 Å². The Labute approximate surface area is 143 Å². The predicted molar refractivity (Wildman–Crippen MR) is 96.8 cm³/mol. The first-order chi connectivity index (χ1) is 12.2. The van der Waals surface area contributed by atoms with Gasteiger partial charge in [0.2, 0.25) is 5.43 Å². The first-order valence-electron chi connectivity index (χ1n) is 7.82. The van der Waals surface area contributed by atoms with Gasteiger partial charge in [0.25, 0.3) is 0 Å². The fraction of sp³-hybridized carbons (Fsp3) is 0.0476. The summed E-state index contributed by atoms with van der Waals surface area (Å²) in [7, 11) is 1.25. The third-order valence-corrected chi connectivity index (χ3v) is 4.20. The van der Waals surface area contributed by atoms with Gasteiger partial charge in [-0.05, 0) is 29.0 Å². The van der Waals surface area contributed by atoms with Crippen LogP contribution in [0.5, 0.6) is 0 Å². The second-order valence-electron chi connectivity index (χ2n) is 5.68. The van der Waals surface area contributed by atoms with Crippen LogP contribution in [0.2, 0.25) is 0 Å². The number of carbonyl (C=O) groups is 1. The Morgan fingerprint density at radius 2 is 1.64 bits per heavy atom. The average molecular weight is 330 g/mol. The minimum absolute atomic E-state index is 0.0866. The van der Waals surface area contributed by atoms with Gasteiger partial charge < -0.3 is 9.15 Å². The minimum atomic E-state index is -0.706. The van der Waals surface area contributed by atoms with Crippen LogP contribution in [0.1, 0.15) is 10.4 Å².